The number of rotatable bonds is 3. The second-order valence-electron chi connectivity index (χ2n) is 8.38. The monoisotopic (exact) mass is 443 g/mol. The van der Waals surface area contributed by atoms with Crippen molar-refractivity contribution in [2.75, 3.05) is 0 Å². The lowest BCUT2D eigenvalue weighted by Gasteiger charge is -2.34. The maximum absolute atomic E-state index is 13.6. The van der Waals surface area contributed by atoms with Gasteiger partial charge in [0.2, 0.25) is 0 Å². The Morgan fingerprint density at radius 2 is 1.77 bits per heavy atom. The lowest BCUT2D eigenvalue weighted by molar-refractivity contribution is -0.132. The van der Waals surface area contributed by atoms with E-state index < -0.39 is 28.7 Å². The highest BCUT2D eigenvalue weighted by Gasteiger charge is 2.47. The van der Waals surface area contributed by atoms with Crippen molar-refractivity contribution in [2.45, 2.75) is 81.5 Å². The maximum atomic E-state index is 13.6. The van der Waals surface area contributed by atoms with E-state index in [1.807, 2.05) is 0 Å². The van der Waals surface area contributed by atoms with Crippen LogP contribution in [0.3, 0.4) is 0 Å². The molecule has 8 heteroatoms. The van der Waals surface area contributed by atoms with E-state index >= 15 is 0 Å². The van der Waals surface area contributed by atoms with Crippen molar-refractivity contribution in [1.29, 1.82) is 0 Å². The van der Waals surface area contributed by atoms with Gasteiger partial charge in [0.1, 0.15) is 11.0 Å². The Bertz CT molecular complexity index is 760. The summed E-state index contributed by atoms with van der Waals surface area (Å²) in [5.41, 5.74) is -0.00681. The van der Waals surface area contributed by atoms with Crippen molar-refractivity contribution in [1.82, 2.24) is 5.32 Å². The van der Waals surface area contributed by atoms with E-state index in [1.54, 1.807) is 12.1 Å². The Balaban J connectivity index is 1.82. The fourth-order valence-electron chi connectivity index (χ4n) is 4.63. The summed E-state index contributed by atoms with van der Waals surface area (Å²) in [6.07, 6.45) is 2.96. The largest absolute Gasteiger partial charge is 0.426 e. The number of ether oxygens (including phenoxy) is 1. The predicted octanol–water partition coefficient (Wildman–Crippen LogP) is 5.86. The van der Waals surface area contributed by atoms with E-state index in [4.69, 9.17) is 4.74 Å². The van der Waals surface area contributed by atoms with Gasteiger partial charge in [0.05, 0.1) is 10.9 Å². The van der Waals surface area contributed by atoms with Crippen LogP contribution in [-0.4, -0.2) is 28.7 Å². The number of hydrogen-bond donors (Lipinski definition) is 1. The number of benzene rings is 1. The molecule has 2 unspecified atom stereocenters. The van der Waals surface area contributed by atoms with Gasteiger partial charge in [-0.3, -0.25) is 9.59 Å². The molecular formula is C22H28F3NO3S. The first-order valence-electron chi connectivity index (χ1n) is 10.5. The Hall–Kier alpha value is -1.70. The third kappa shape index (κ3) is 5.93. The summed E-state index contributed by atoms with van der Waals surface area (Å²) in [5.74, 6) is -0.970. The fourth-order valence-corrected chi connectivity index (χ4v) is 6.06. The quantitative estimate of drug-likeness (QED) is 0.470. The molecule has 1 aromatic rings. The van der Waals surface area contributed by atoms with Crippen LogP contribution in [0.4, 0.5) is 13.2 Å². The number of thioether (sulfide) groups is 1. The van der Waals surface area contributed by atoms with Gasteiger partial charge in [0.25, 0.3) is 5.91 Å². The molecule has 0 bridgehead atoms. The molecule has 3 rings (SSSR count). The lowest BCUT2D eigenvalue weighted by Crippen LogP contribution is -2.38. The second-order valence-corrected chi connectivity index (χ2v) is 9.79. The molecule has 0 radical (unpaired) electrons. The summed E-state index contributed by atoms with van der Waals surface area (Å²) in [4.78, 5) is 24.3. The molecule has 166 valence electrons. The molecule has 2 aliphatic rings. The van der Waals surface area contributed by atoms with Crippen molar-refractivity contribution < 1.29 is 27.5 Å². The summed E-state index contributed by atoms with van der Waals surface area (Å²) in [6.45, 7) is 1.24. The number of esters is 1. The number of nitrogens with one attached hydrogen (secondary N) is 1. The molecule has 4 nitrogen and oxygen atoms in total. The molecular weight excluding hydrogens is 415 g/mol. The van der Waals surface area contributed by atoms with Crippen LogP contribution in [0.1, 0.15) is 75.1 Å². The van der Waals surface area contributed by atoms with Gasteiger partial charge in [-0.15, -0.1) is 11.8 Å². The molecule has 2 fully saturated rings. The minimum absolute atomic E-state index is 0.0879. The van der Waals surface area contributed by atoms with Crippen LogP contribution in [0.25, 0.3) is 0 Å². The third-order valence-electron chi connectivity index (χ3n) is 6.09. The number of amides is 1. The predicted molar refractivity (Wildman–Crippen MR) is 110 cm³/mol. The highest BCUT2D eigenvalue weighted by molar-refractivity contribution is 8.00. The van der Waals surface area contributed by atoms with Crippen molar-refractivity contribution in [3.8, 4) is 5.75 Å². The Morgan fingerprint density at radius 1 is 1.10 bits per heavy atom. The summed E-state index contributed by atoms with van der Waals surface area (Å²) in [7, 11) is 0. The lowest BCUT2D eigenvalue weighted by atomic mass is 9.73. The van der Waals surface area contributed by atoms with E-state index in [1.165, 1.54) is 19.1 Å². The first-order chi connectivity index (χ1) is 14.2. The summed E-state index contributed by atoms with van der Waals surface area (Å²) in [5, 5.41) is 0.681. The number of carbonyl (C=O) groups excluding carboxylic acids is 2. The zero-order valence-electron chi connectivity index (χ0n) is 17.1. The molecule has 1 saturated carbocycles. The Labute approximate surface area is 179 Å². The molecule has 0 aromatic heterocycles. The van der Waals surface area contributed by atoms with Crippen molar-refractivity contribution in [2.24, 2.45) is 5.41 Å². The van der Waals surface area contributed by atoms with Gasteiger partial charge in [-0.25, -0.2) is 0 Å². The van der Waals surface area contributed by atoms with Crippen LogP contribution in [0.2, 0.25) is 0 Å². The van der Waals surface area contributed by atoms with Gasteiger partial charge in [-0.1, -0.05) is 37.8 Å². The molecule has 1 aromatic carbocycles. The van der Waals surface area contributed by atoms with Gasteiger partial charge in [0, 0.05) is 6.92 Å². The average Bonchev–Trinajstić information content (AvgIpc) is 3.00. The highest BCUT2D eigenvalue weighted by atomic mass is 32.2. The van der Waals surface area contributed by atoms with E-state index in [-0.39, 0.29) is 23.1 Å². The van der Waals surface area contributed by atoms with Gasteiger partial charge >= 0.3 is 12.1 Å². The molecule has 1 heterocycles. The smallest absolute Gasteiger partial charge is 0.400 e. The number of carbonyl (C=O) groups is 2. The molecule has 1 aliphatic carbocycles. The zero-order valence-corrected chi connectivity index (χ0v) is 17.9. The topological polar surface area (TPSA) is 55.4 Å². The van der Waals surface area contributed by atoms with Gasteiger partial charge in [0.15, 0.2) is 0 Å². The number of alkyl halides is 3. The van der Waals surface area contributed by atoms with E-state index in [0.29, 0.717) is 12.8 Å². The highest BCUT2D eigenvalue weighted by Crippen LogP contribution is 2.50. The van der Waals surface area contributed by atoms with E-state index in [9.17, 15) is 22.8 Å². The van der Waals surface area contributed by atoms with Crippen LogP contribution in [0.5, 0.6) is 5.75 Å². The van der Waals surface area contributed by atoms with E-state index in [2.05, 4.69) is 5.32 Å². The first kappa shape index (κ1) is 23.0. The molecule has 30 heavy (non-hydrogen) atoms. The van der Waals surface area contributed by atoms with Gasteiger partial charge in [-0.05, 0) is 49.7 Å². The standard InChI is InChI=1S/C22H28F3NO3S/c1-15(27)29-17-9-5-4-8-16(17)20(28)26-19-14-21(11-6-2-3-7-12-21)13-10-18(30-19)22(23,24)25/h4-5,8-9,18-19H,2-3,6-7,10-14H2,1H3,(H,26,28). The number of hydrogen-bond acceptors (Lipinski definition) is 4. The molecule has 1 aliphatic heterocycles. The van der Waals surface area contributed by atoms with Gasteiger partial charge < -0.3 is 10.1 Å². The van der Waals surface area contributed by atoms with Crippen LogP contribution < -0.4 is 10.1 Å². The van der Waals surface area contributed by atoms with Crippen molar-refractivity contribution >= 4 is 23.6 Å². The van der Waals surface area contributed by atoms with Crippen LogP contribution >= 0.6 is 11.8 Å². The summed E-state index contributed by atoms with van der Waals surface area (Å²) in [6, 6.07) is 6.28. The Morgan fingerprint density at radius 3 is 2.40 bits per heavy atom. The minimum Gasteiger partial charge on any atom is -0.426 e. The summed E-state index contributed by atoms with van der Waals surface area (Å²) < 4.78 is 45.9. The van der Waals surface area contributed by atoms with Crippen LogP contribution in [-0.2, 0) is 4.79 Å². The minimum atomic E-state index is -4.31. The second kappa shape index (κ2) is 9.62. The van der Waals surface area contributed by atoms with Crippen molar-refractivity contribution in [3.63, 3.8) is 0 Å². The first-order valence-corrected chi connectivity index (χ1v) is 11.4. The molecule has 2 atom stereocenters. The van der Waals surface area contributed by atoms with E-state index in [0.717, 1.165) is 50.3 Å². The van der Waals surface area contributed by atoms with Crippen LogP contribution in [0.15, 0.2) is 24.3 Å². The van der Waals surface area contributed by atoms with Gasteiger partial charge in [-0.2, -0.15) is 13.2 Å². The Kier molecular flexibility index (Phi) is 7.37. The number of halogens is 3. The average molecular weight is 444 g/mol. The normalized spacial score (nSPS) is 24.5. The van der Waals surface area contributed by atoms with Crippen LogP contribution in [0, 0.1) is 5.41 Å². The zero-order chi connectivity index (χ0) is 21.8. The molecule has 1 spiro atoms. The summed E-state index contributed by atoms with van der Waals surface area (Å²) >= 11 is 0.812. The number of para-hydroxylation sites is 1. The molecule has 1 amide bonds. The fraction of sp³-hybridized carbons (Fsp3) is 0.636. The SMILES string of the molecule is CC(=O)Oc1ccccc1C(=O)NC1CC2(CCCCCC2)CCC(C(F)(F)F)S1. The molecule has 1 saturated heterocycles. The third-order valence-corrected chi connectivity index (χ3v) is 7.54. The maximum Gasteiger partial charge on any atom is 0.400 e. The molecule has 1 N–H and O–H groups in total. The van der Waals surface area contributed by atoms with Crippen molar-refractivity contribution in [3.05, 3.63) is 29.8 Å².